The number of hydrogen-bond donors (Lipinski definition) is 0. The Morgan fingerprint density at radius 1 is 1.09 bits per heavy atom. The summed E-state index contributed by atoms with van der Waals surface area (Å²) in [4.78, 5) is 0. The van der Waals surface area contributed by atoms with Gasteiger partial charge < -0.3 is 17.0 Å². The van der Waals surface area contributed by atoms with Gasteiger partial charge in [-0.15, -0.1) is 0 Å². The van der Waals surface area contributed by atoms with Crippen LogP contribution in [0.1, 0.15) is 59.3 Å². The maximum Gasteiger partial charge on any atom is -1.00 e. The molecule has 1 aliphatic heterocycles. The molecule has 0 aromatic heterocycles. The van der Waals surface area contributed by atoms with Crippen molar-refractivity contribution in [3.05, 3.63) is 30.3 Å². The number of rotatable bonds is 3. The van der Waals surface area contributed by atoms with Crippen molar-refractivity contribution in [3.63, 3.8) is 0 Å². The van der Waals surface area contributed by atoms with Crippen LogP contribution in [-0.4, -0.2) is 37.3 Å². The molecule has 2 aliphatic rings. The van der Waals surface area contributed by atoms with Gasteiger partial charge in [-0.1, -0.05) is 0 Å². The summed E-state index contributed by atoms with van der Waals surface area (Å²) in [6.07, 6.45) is 11.2. The summed E-state index contributed by atoms with van der Waals surface area (Å²) in [7, 11) is 0. The Bertz CT molecular complexity index is 526. The molecule has 0 amide bonds. The molecule has 1 fully saturated rings. The maximum atomic E-state index is 2.73. The Labute approximate surface area is 158 Å². The fraction of sp³-hybridized carbons (Fsp3) is 0.650. The van der Waals surface area contributed by atoms with Gasteiger partial charge in [0.25, 0.3) is 0 Å². The van der Waals surface area contributed by atoms with Gasteiger partial charge in [-0.05, 0) is 0 Å². The van der Waals surface area contributed by atoms with Crippen molar-refractivity contribution in [1.82, 2.24) is 0 Å². The first-order valence-corrected chi connectivity index (χ1v) is 10.9. The average Bonchev–Trinajstić information content (AvgIpc) is 2.85. The molecule has 128 valence electrons. The molecule has 0 N–H and O–H groups in total. The van der Waals surface area contributed by atoms with Crippen LogP contribution in [0, 0.1) is 5.41 Å². The molecule has 1 spiro atoms. The van der Waals surface area contributed by atoms with Crippen LogP contribution in [0.3, 0.4) is 0 Å². The van der Waals surface area contributed by atoms with E-state index in [1.165, 1.54) is 43.8 Å². The summed E-state index contributed by atoms with van der Waals surface area (Å²) >= 11 is 0.601. The number of halogens is 1. The van der Waals surface area contributed by atoms with Gasteiger partial charge in [-0.2, -0.15) is 0 Å². The Kier molecular flexibility index (Phi) is 6.56. The number of hydrogen-bond acceptors (Lipinski definition) is 0. The van der Waals surface area contributed by atoms with E-state index in [1.54, 1.807) is 4.46 Å². The Morgan fingerprint density at radius 3 is 2.35 bits per heavy atom. The molecule has 1 atom stereocenters. The molecule has 0 radical (unpaired) electrons. The van der Waals surface area contributed by atoms with Gasteiger partial charge in [0.1, 0.15) is 0 Å². The second-order valence-electron chi connectivity index (χ2n) is 8.11. The fourth-order valence-corrected chi connectivity index (χ4v) is 6.32. The van der Waals surface area contributed by atoms with Crippen LogP contribution in [0.2, 0.25) is 5.32 Å². The van der Waals surface area contributed by atoms with Gasteiger partial charge in [0, 0.05) is 0 Å². The first-order valence-electron chi connectivity index (χ1n) is 8.81. The van der Waals surface area contributed by atoms with Gasteiger partial charge in [-0.25, -0.2) is 0 Å². The van der Waals surface area contributed by atoms with E-state index in [0.29, 0.717) is 20.4 Å². The molecule has 1 aliphatic carbocycles. The van der Waals surface area contributed by atoms with E-state index < -0.39 is 0 Å². The quantitative estimate of drug-likeness (QED) is 0.486. The summed E-state index contributed by atoms with van der Waals surface area (Å²) in [5.74, 6) is 0. The van der Waals surface area contributed by atoms with E-state index in [2.05, 4.69) is 61.9 Å². The first kappa shape index (κ1) is 19.2. The van der Waals surface area contributed by atoms with Gasteiger partial charge >= 0.3 is 142 Å². The van der Waals surface area contributed by atoms with Gasteiger partial charge in [0.2, 0.25) is 0 Å². The van der Waals surface area contributed by atoms with E-state index in [1.807, 2.05) is 0 Å². The van der Waals surface area contributed by atoms with Crippen LogP contribution in [0.25, 0.3) is 0 Å². The van der Waals surface area contributed by atoms with Crippen molar-refractivity contribution in [2.75, 3.05) is 0 Å². The largest absolute Gasteiger partial charge is 1.00 e. The Balaban J connectivity index is 0.00000192. The predicted molar refractivity (Wildman–Crippen MR) is 96.6 cm³/mol. The van der Waals surface area contributed by atoms with Gasteiger partial charge in [-0.3, -0.25) is 0 Å². The van der Waals surface area contributed by atoms with Crippen molar-refractivity contribution in [1.29, 1.82) is 0 Å². The Morgan fingerprint density at radius 2 is 1.74 bits per heavy atom. The molecule has 3 rings (SSSR count). The molecule has 0 saturated heterocycles. The van der Waals surface area contributed by atoms with Crippen molar-refractivity contribution in [2.24, 2.45) is 5.41 Å². The summed E-state index contributed by atoms with van der Waals surface area (Å²) in [6, 6.07) is 11.8. The molecule has 1 unspecified atom stereocenters. The van der Waals surface area contributed by atoms with Crippen LogP contribution in [0.5, 0.6) is 0 Å². The van der Waals surface area contributed by atoms with Crippen molar-refractivity contribution in [3.8, 4) is 0 Å². The summed E-state index contributed by atoms with van der Waals surface area (Å²) in [6.45, 7) is 7.15. The number of nitrogens with zero attached hydrogens (tertiary/aromatic N) is 1. The van der Waals surface area contributed by atoms with Gasteiger partial charge in [0.15, 0.2) is 0 Å². The minimum atomic E-state index is 0. The van der Waals surface area contributed by atoms with E-state index >= 15 is 0 Å². The minimum absolute atomic E-state index is 0. The molecular weight excluding hydrogens is 413 g/mol. The van der Waals surface area contributed by atoms with Crippen LogP contribution < -0.4 is 21.4 Å². The van der Waals surface area contributed by atoms with E-state index in [9.17, 15) is 0 Å². The van der Waals surface area contributed by atoms with Crippen molar-refractivity contribution in [2.45, 2.75) is 76.2 Å². The maximum absolute atomic E-state index is 2.73. The standard InChI is InChI=1S/C20H30NSe.BrH/c1-19(2,3)21-16-20(12-8-5-9-13-20)14-17(21)15-22-18-10-6-4-7-11-18;/h4,6-7,10-11,16-17H,5,8-9,12-15H2,1-3H3;1H/q+1;/p-1. The van der Waals surface area contributed by atoms with E-state index in [4.69, 9.17) is 0 Å². The average molecular weight is 443 g/mol. The Hall–Kier alpha value is -0.111. The van der Waals surface area contributed by atoms with E-state index in [0.717, 1.165) is 6.04 Å². The zero-order valence-corrected chi connectivity index (χ0v) is 18.0. The van der Waals surface area contributed by atoms with Crippen LogP contribution >= 0.6 is 0 Å². The summed E-state index contributed by atoms with van der Waals surface area (Å²) in [5.41, 5.74) is 0.793. The first-order chi connectivity index (χ1) is 10.5. The SMILES string of the molecule is CC(C)(C)[N+]1=CC2(CCCCC2)CC1C[Se]c1ccccc1.[Br-]. The predicted octanol–water partition coefficient (Wildman–Crippen LogP) is 1.04. The van der Waals surface area contributed by atoms with Crippen LogP contribution in [0.15, 0.2) is 30.3 Å². The summed E-state index contributed by atoms with van der Waals surface area (Å²) < 4.78 is 4.27. The second-order valence-corrected chi connectivity index (χ2v) is 10.4. The molecule has 1 aromatic carbocycles. The fourth-order valence-electron chi connectivity index (χ4n) is 4.20. The van der Waals surface area contributed by atoms with Gasteiger partial charge in [0.05, 0.1) is 0 Å². The molecular formula is C20H30BrNSe. The van der Waals surface area contributed by atoms with Crippen LogP contribution in [0.4, 0.5) is 0 Å². The summed E-state index contributed by atoms with van der Waals surface area (Å²) in [5, 5.41) is 1.35. The zero-order chi connectivity index (χ0) is 15.6. The minimum Gasteiger partial charge on any atom is -1.00 e. The molecule has 1 heterocycles. The normalized spacial score (nSPS) is 23.4. The molecule has 3 heteroatoms. The molecule has 0 bridgehead atoms. The van der Waals surface area contributed by atoms with Crippen molar-refractivity contribution >= 4 is 25.6 Å². The van der Waals surface area contributed by atoms with E-state index in [-0.39, 0.29) is 22.5 Å². The van der Waals surface area contributed by atoms with Crippen molar-refractivity contribution < 1.29 is 21.6 Å². The van der Waals surface area contributed by atoms with Crippen LogP contribution in [-0.2, 0) is 0 Å². The molecule has 1 aromatic rings. The molecule has 23 heavy (non-hydrogen) atoms. The second kappa shape index (κ2) is 7.85. The smallest absolute Gasteiger partial charge is 1.00 e. The third-order valence-electron chi connectivity index (χ3n) is 5.26. The zero-order valence-electron chi connectivity index (χ0n) is 14.7. The number of benzene rings is 1. The monoisotopic (exact) mass is 443 g/mol. The third-order valence-corrected chi connectivity index (χ3v) is 7.69. The molecule has 1 saturated carbocycles. The topological polar surface area (TPSA) is 3.01 Å². The third kappa shape index (κ3) is 4.71. The molecule has 1 nitrogen and oxygen atoms in total.